The van der Waals surface area contributed by atoms with Crippen LogP contribution >= 0.6 is 0 Å². The van der Waals surface area contributed by atoms with Gasteiger partial charge in [-0.15, -0.1) is 0 Å². The number of aromatic nitrogens is 1. The van der Waals surface area contributed by atoms with Crippen molar-refractivity contribution in [1.29, 1.82) is 0 Å². The lowest BCUT2D eigenvalue weighted by Crippen LogP contribution is -2.46. The van der Waals surface area contributed by atoms with E-state index in [0.717, 1.165) is 25.3 Å². The number of carbonyl (C=O) groups excluding carboxylic acids is 2. The van der Waals surface area contributed by atoms with Crippen molar-refractivity contribution in [2.75, 3.05) is 50.6 Å². The van der Waals surface area contributed by atoms with E-state index in [1.807, 2.05) is 6.07 Å². The van der Waals surface area contributed by atoms with Crippen LogP contribution in [0.5, 0.6) is 11.5 Å². The highest BCUT2D eigenvalue weighted by Gasteiger charge is 2.17. The first-order valence-electron chi connectivity index (χ1n) is 8.58. The summed E-state index contributed by atoms with van der Waals surface area (Å²) >= 11 is 0. The molecule has 0 bridgehead atoms. The molecule has 2 amide bonds. The SMILES string of the molecule is COc1ccc(NC(=O)c2ccc(N3CCN(C=O)CC3)nc2)c(OC)c1. The summed E-state index contributed by atoms with van der Waals surface area (Å²) in [4.78, 5) is 31.5. The Bertz CT molecular complexity index is 802. The Hall–Kier alpha value is -3.29. The molecule has 1 aliphatic rings. The summed E-state index contributed by atoms with van der Waals surface area (Å²) in [6.45, 7) is 2.79. The Balaban J connectivity index is 1.67. The predicted molar refractivity (Wildman–Crippen MR) is 102 cm³/mol. The maximum Gasteiger partial charge on any atom is 0.257 e. The minimum atomic E-state index is -0.275. The molecule has 0 unspecified atom stereocenters. The van der Waals surface area contributed by atoms with Gasteiger partial charge in [0.1, 0.15) is 17.3 Å². The van der Waals surface area contributed by atoms with E-state index in [4.69, 9.17) is 9.47 Å². The second kappa shape index (κ2) is 8.39. The summed E-state index contributed by atoms with van der Waals surface area (Å²) in [5.74, 6) is 1.67. The number of ether oxygens (including phenoxy) is 2. The molecule has 1 aromatic carbocycles. The van der Waals surface area contributed by atoms with Gasteiger partial charge in [0.05, 0.1) is 25.5 Å². The zero-order chi connectivity index (χ0) is 19.2. The van der Waals surface area contributed by atoms with E-state index in [9.17, 15) is 9.59 Å². The molecule has 1 N–H and O–H groups in total. The molecule has 1 aromatic heterocycles. The largest absolute Gasteiger partial charge is 0.497 e. The van der Waals surface area contributed by atoms with E-state index >= 15 is 0 Å². The fourth-order valence-electron chi connectivity index (χ4n) is 2.86. The average molecular weight is 370 g/mol. The van der Waals surface area contributed by atoms with Gasteiger partial charge in [0.25, 0.3) is 5.91 Å². The Morgan fingerprint density at radius 3 is 2.48 bits per heavy atom. The number of benzene rings is 1. The van der Waals surface area contributed by atoms with Crippen LogP contribution in [0.15, 0.2) is 36.5 Å². The fraction of sp³-hybridized carbons (Fsp3) is 0.316. The summed E-state index contributed by atoms with van der Waals surface area (Å²) < 4.78 is 10.5. The first kappa shape index (κ1) is 18.5. The second-order valence-corrected chi connectivity index (χ2v) is 6.05. The van der Waals surface area contributed by atoms with Crippen molar-refractivity contribution in [3.8, 4) is 11.5 Å². The molecule has 0 aliphatic carbocycles. The van der Waals surface area contributed by atoms with Gasteiger partial charge in [-0.2, -0.15) is 0 Å². The van der Waals surface area contributed by atoms with Gasteiger partial charge in [0, 0.05) is 38.4 Å². The van der Waals surface area contributed by atoms with Crippen molar-refractivity contribution in [2.45, 2.75) is 0 Å². The highest BCUT2D eigenvalue weighted by atomic mass is 16.5. The Kier molecular flexibility index (Phi) is 5.75. The molecule has 0 atom stereocenters. The molecule has 142 valence electrons. The van der Waals surface area contributed by atoms with Crippen molar-refractivity contribution in [3.05, 3.63) is 42.1 Å². The first-order valence-corrected chi connectivity index (χ1v) is 8.58. The van der Waals surface area contributed by atoms with Gasteiger partial charge in [-0.3, -0.25) is 9.59 Å². The lowest BCUT2D eigenvalue weighted by molar-refractivity contribution is -0.118. The average Bonchev–Trinajstić information content (AvgIpc) is 2.74. The number of nitrogens with zero attached hydrogens (tertiary/aromatic N) is 3. The smallest absolute Gasteiger partial charge is 0.257 e. The molecule has 1 saturated heterocycles. The molecule has 0 saturated carbocycles. The summed E-state index contributed by atoms with van der Waals surface area (Å²) in [5, 5.41) is 2.82. The molecule has 8 heteroatoms. The van der Waals surface area contributed by atoms with Crippen LogP contribution in [-0.2, 0) is 4.79 Å². The second-order valence-electron chi connectivity index (χ2n) is 6.05. The predicted octanol–water partition coefficient (Wildman–Crippen LogP) is 1.63. The topological polar surface area (TPSA) is 84.0 Å². The molecule has 1 aliphatic heterocycles. The van der Waals surface area contributed by atoms with Crippen LogP contribution in [0.1, 0.15) is 10.4 Å². The third-order valence-corrected chi connectivity index (χ3v) is 4.45. The number of nitrogens with one attached hydrogen (secondary N) is 1. The van der Waals surface area contributed by atoms with Crippen LogP contribution in [0.4, 0.5) is 11.5 Å². The lowest BCUT2D eigenvalue weighted by Gasteiger charge is -2.33. The van der Waals surface area contributed by atoms with Crippen LogP contribution in [-0.4, -0.2) is 62.6 Å². The first-order chi connectivity index (χ1) is 13.1. The number of rotatable bonds is 6. The number of carbonyl (C=O) groups is 2. The lowest BCUT2D eigenvalue weighted by atomic mass is 10.2. The maximum absolute atomic E-state index is 12.5. The highest BCUT2D eigenvalue weighted by Crippen LogP contribution is 2.29. The molecule has 0 radical (unpaired) electrons. The third-order valence-electron chi connectivity index (χ3n) is 4.45. The highest BCUT2D eigenvalue weighted by molar-refractivity contribution is 6.05. The van der Waals surface area contributed by atoms with Crippen LogP contribution in [0.25, 0.3) is 0 Å². The van der Waals surface area contributed by atoms with Gasteiger partial charge in [-0.1, -0.05) is 0 Å². The molecule has 8 nitrogen and oxygen atoms in total. The number of anilines is 2. The number of pyridine rings is 1. The Morgan fingerprint density at radius 2 is 1.89 bits per heavy atom. The number of hydrogen-bond donors (Lipinski definition) is 1. The van der Waals surface area contributed by atoms with Crippen molar-refractivity contribution in [2.24, 2.45) is 0 Å². The van der Waals surface area contributed by atoms with Crippen LogP contribution < -0.4 is 19.7 Å². The van der Waals surface area contributed by atoms with Gasteiger partial charge in [0.2, 0.25) is 6.41 Å². The number of hydrogen-bond acceptors (Lipinski definition) is 6. The quantitative estimate of drug-likeness (QED) is 0.778. The van der Waals surface area contributed by atoms with E-state index in [2.05, 4.69) is 15.2 Å². The Labute approximate surface area is 157 Å². The molecule has 1 fully saturated rings. The van der Waals surface area contributed by atoms with E-state index in [-0.39, 0.29) is 5.91 Å². The molecule has 2 aromatic rings. The van der Waals surface area contributed by atoms with E-state index in [1.165, 1.54) is 7.11 Å². The Morgan fingerprint density at radius 1 is 1.11 bits per heavy atom. The monoisotopic (exact) mass is 370 g/mol. The van der Waals surface area contributed by atoms with Crippen molar-refractivity contribution >= 4 is 23.8 Å². The summed E-state index contributed by atoms with van der Waals surface area (Å²) in [6.07, 6.45) is 2.42. The summed E-state index contributed by atoms with van der Waals surface area (Å²) in [7, 11) is 3.10. The van der Waals surface area contributed by atoms with E-state index in [0.29, 0.717) is 35.8 Å². The third kappa shape index (κ3) is 4.28. The van der Waals surface area contributed by atoms with Crippen molar-refractivity contribution in [1.82, 2.24) is 9.88 Å². The fourth-order valence-corrected chi connectivity index (χ4v) is 2.86. The van der Waals surface area contributed by atoms with Gasteiger partial charge in [-0.25, -0.2) is 4.98 Å². The number of amides is 2. The minimum Gasteiger partial charge on any atom is -0.497 e. The van der Waals surface area contributed by atoms with Crippen LogP contribution in [0, 0.1) is 0 Å². The van der Waals surface area contributed by atoms with Crippen LogP contribution in [0.3, 0.4) is 0 Å². The summed E-state index contributed by atoms with van der Waals surface area (Å²) in [6, 6.07) is 8.73. The molecular formula is C19H22N4O4. The minimum absolute atomic E-state index is 0.275. The molecular weight excluding hydrogens is 348 g/mol. The standard InChI is InChI=1S/C19H22N4O4/c1-26-15-4-5-16(17(11-15)27-2)21-19(25)14-3-6-18(20-12-14)23-9-7-22(13-24)8-10-23/h3-6,11-13H,7-10H2,1-2H3,(H,21,25). The van der Waals surface area contributed by atoms with Gasteiger partial charge >= 0.3 is 0 Å². The van der Waals surface area contributed by atoms with E-state index in [1.54, 1.807) is 42.5 Å². The van der Waals surface area contributed by atoms with Gasteiger partial charge < -0.3 is 24.6 Å². The van der Waals surface area contributed by atoms with Gasteiger partial charge in [0.15, 0.2) is 0 Å². The zero-order valence-electron chi connectivity index (χ0n) is 15.3. The summed E-state index contributed by atoms with van der Waals surface area (Å²) in [5.41, 5.74) is 1.00. The van der Waals surface area contributed by atoms with Crippen molar-refractivity contribution < 1.29 is 19.1 Å². The number of piperazine rings is 1. The normalized spacial score (nSPS) is 13.9. The maximum atomic E-state index is 12.5. The molecule has 0 spiro atoms. The molecule has 2 heterocycles. The van der Waals surface area contributed by atoms with Crippen molar-refractivity contribution in [3.63, 3.8) is 0 Å². The van der Waals surface area contributed by atoms with Gasteiger partial charge in [-0.05, 0) is 24.3 Å². The van der Waals surface area contributed by atoms with E-state index < -0.39 is 0 Å². The number of methoxy groups -OCH3 is 2. The molecule has 27 heavy (non-hydrogen) atoms. The zero-order valence-corrected chi connectivity index (χ0v) is 15.3. The molecule has 3 rings (SSSR count). The van der Waals surface area contributed by atoms with Crippen LogP contribution in [0.2, 0.25) is 0 Å².